The topological polar surface area (TPSA) is 69.6 Å². The fourth-order valence-corrected chi connectivity index (χ4v) is 3.32. The lowest BCUT2D eigenvalue weighted by molar-refractivity contribution is -0.137. The lowest BCUT2D eigenvalue weighted by Crippen LogP contribution is -2.46. The standard InChI is InChI=1S/C20H22N2O3/c23-18(24)11-6-13-21-20(25)22-14-12-15-7-4-5-10-17(15)19(22)16-8-2-1-3-9-16/h1-5,7-10,19H,6,11-14H2,(H,21,25)(H,23,24). The molecular weight excluding hydrogens is 316 g/mol. The van der Waals surface area contributed by atoms with Crippen LogP contribution < -0.4 is 5.32 Å². The predicted molar refractivity (Wildman–Crippen MR) is 95.4 cm³/mol. The van der Waals surface area contributed by atoms with E-state index >= 15 is 0 Å². The van der Waals surface area contributed by atoms with Gasteiger partial charge >= 0.3 is 12.0 Å². The van der Waals surface area contributed by atoms with Crippen molar-refractivity contribution in [2.75, 3.05) is 13.1 Å². The molecule has 2 amide bonds. The van der Waals surface area contributed by atoms with E-state index in [9.17, 15) is 9.59 Å². The number of nitrogens with one attached hydrogen (secondary N) is 1. The van der Waals surface area contributed by atoms with Crippen LogP contribution in [0, 0.1) is 0 Å². The quantitative estimate of drug-likeness (QED) is 0.823. The van der Waals surface area contributed by atoms with E-state index < -0.39 is 5.97 Å². The summed E-state index contributed by atoms with van der Waals surface area (Å²) in [6, 6.07) is 18.0. The van der Waals surface area contributed by atoms with Crippen molar-refractivity contribution in [3.05, 3.63) is 71.3 Å². The molecule has 1 atom stereocenters. The molecule has 0 radical (unpaired) electrons. The maximum atomic E-state index is 12.7. The Hall–Kier alpha value is -2.82. The highest BCUT2D eigenvalue weighted by Gasteiger charge is 2.31. The monoisotopic (exact) mass is 338 g/mol. The smallest absolute Gasteiger partial charge is 0.318 e. The van der Waals surface area contributed by atoms with Crippen LogP contribution in [0.15, 0.2) is 54.6 Å². The van der Waals surface area contributed by atoms with Crippen LogP contribution in [-0.2, 0) is 11.2 Å². The molecule has 5 nitrogen and oxygen atoms in total. The molecular formula is C20H22N2O3. The number of benzene rings is 2. The highest BCUT2D eigenvalue weighted by Crippen LogP contribution is 2.34. The third kappa shape index (κ3) is 3.99. The van der Waals surface area contributed by atoms with Gasteiger partial charge in [-0.2, -0.15) is 0 Å². The van der Waals surface area contributed by atoms with Gasteiger partial charge in [0.05, 0.1) is 6.04 Å². The van der Waals surface area contributed by atoms with Crippen LogP contribution in [0.5, 0.6) is 0 Å². The average molecular weight is 338 g/mol. The largest absolute Gasteiger partial charge is 0.481 e. The molecule has 25 heavy (non-hydrogen) atoms. The normalized spacial score (nSPS) is 16.2. The molecule has 0 saturated heterocycles. The van der Waals surface area contributed by atoms with Gasteiger partial charge in [0.25, 0.3) is 0 Å². The Morgan fingerprint density at radius 1 is 1.08 bits per heavy atom. The fraction of sp³-hybridized carbons (Fsp3) is 0.300. The van der Waals surface area contributed by atoms with Crippen LogP contribution in [0.2, 0.25) is 0 Å². The van der Waals surface area contributed by atoms with Crippen LogP contribution in [0.3, 0.4) is 0 Å². The first kappa shape index (κ1) is 17.0. The minimum atomic E-state index is -0.844. The van der Waals surface area contributed by atoms with Gasteiger partial charge in [0.1, 0.15) is 0 Å². The molecule has 5 heteroatoms. The molecule has 0 saturated carbocycles. The summed E-state index contributed by atoms with van der Waals surface area (Å²) in [5.41, 5.74) is 3.50. The van der Waals surface area contributed by atoms with E-state index in [1.54, 1.807) is 0 Å². The summed E-state index contributed by atoms with van der Waals surface area (Å²) in [5.74, 6) is -0.844. The van der Waals surface area contributed by atoms with Gasteiger partial charge in [-0.25, -0.2) is 4.79 Å². The molecule has 130 valence electrons. The van der Waals surface area contributed by atoms with Gasteiger partial charge in [0.15, 0.2) is 0 Å². The van der Waals surface area contributed by atoms with Crippen molar-refractivity contribution in [1.82, 2.24) is 10.2 Å². The SMILES string of the molecule is O=C(O)CCCNC(=O)N1CCc2ccccc2C1c1ccccc1. The summed E-state index contributed by atoms with van der Waals surface area (Å²) >= 11 is 0. The first-order valence-electron chi connectivity index (χ1n) is 8.56. The average Bonchev–Trinajstić information content (AvgIpc) is 2.64. The summed E-state index contributed by atoms with van der Waals surface area (Å²) in [5, 5.41) is 11.6. The first-order chi connectivity index (χ1) is 12.2. The van der Waals surface area contributed by atoms with Gasteiger partial charge < -0.3 is 15.3 Å². The molecule has 1 aliphatic rings. The molecule has 1 aliphatic heterocycles. The zero-order chi connectivity index (χ0) is 17.6. The zero-order valence-electron chi connectivity index (χ0n) is 14.0. The summed E-state index contributed by atoms with van der Waals surface area (Å²) in [4.78, 5) is 25.1. The van der Waals surface area contributed by atoms with Crippen molar-refractivity contribution in [2.24, 2.45) is 0 Å². The fourth-order valence-electron chi connectivity index (χ4n) is 3.32. The first-order valence-corrected chi connectivity index (χ1v) is 8.56. The van der Waals surface area contributed by atoms with Gasteiger partial charge in [-0.1, -0.05) is 54.6 Å². The van der Waals surface area contributed by atoms with Crippen molar-refractivity contribution in [3.63, 3.8) is 0 Å². The van der Waals surface area contributed by atoms with Gasteiger partial charge in [-0.3, -0.25) is 4.79 Å². The maximum Gasteiger partial charge on any atom is 0.318 e. The molecule has 2 N–H and O–H groups in total. The summed E-state index contributed by atoms with van der Waals surface area (Å²) in [7, 11) is 0. The van der Waals surface area contributed by atoms with E-state index in [0.29, 0.717) is 19.5 Å². The molecule has 0 aromatic heterocycles. The number of rotatable bonds is 5. The van der Waals surface area contributed by atoms with Crippen molar-refractivity contribution in [3.8, 4) is 0 Å². The van der Waals surface area contributed by atoms with Crippen molar-refractivity contribution < 1.29 is 14.7 Å². The van der Waals surface area contributed by atoms with Crippen LogP contribution in [0.1, 0.15) is 35.6 Å². The molecule has 1 heterocycles. The van der Waals surface area contributed by atoms with Crippen LogP contribution in [0.25, 0.3) is 0 Å². The summed E-state index contributed by atoms with van der Waals surface area (Å²) in [6.07, 6.45) is 1.31. The summed E-state index contributed by atoms with van der Waals surface area (Å²) < 4.78 is 0. The number of fused-ring (bicyclic) bond motifs is 1. The number of amides is 2. The lowest BCUT2D eigenvalue weighted by atomic mass is 9.88. The van der Waals surface area contributed by atoms with Crippen LogP contribution in [0.4, 0.5) is 4.79 Å². The third-order valence-electron chi connectivity index (χ3n) is 4.50. The van der Waals surface area contributed by atoms with E-state index in [2.05, 4.69) is 17.4 Å². The second-order valence-electron chi connectivity index (χ2n) is 6.18. The van der Waals surface area contributed by atoms with Crippen molar-refractivity contribution >= 4 is 12.0 Å². The molecule has 0 aliphatic carbocycles. The Morgan fingerprint density at radius 3 is 2.56 bits per heavy atom. The highest BCUT2D eigenvalue weighted by molar-refractivity contribution is 5.76. The molecule has 1 unspecified atom stereocenters. The molecule has 0 fully saturated rings. The number of carbonyl (C=O) groups is 2. The van der Waals surface area contributed by atoms with Gasteiger partial charge in [-0.05, 0) is 29.5 Å². The Kier molecular flexibility index (Phi) is 5.33. The second kappa shape index (κ2) is 7.83. The Balaban J connectivity index is 1.80. The molecule has 3 rings (SSSR count). The number of urea groups is 1. The van der Waals surface area contributed by atoms with Crippen molar-refractivity contribution in [2.45, 2.75) is 25.3 Å². The van der Waals surface area contributed by atoms with E-state index in [-0.39, 0.29) is 18.5 Å². The number of nitrogens with zero attached hydrogens (tertiary/aromatic N) is 1. The van der Waals surface area contributed by atoms with Crippen LogP contribution in [-0.4, -0.2) is 35.1 Å². The third-order valence-corrected chi connectivity index (χ3v) is 4.50. The Bertz CT molecular complexity index is 746. The Labute approximate surface area is 147 Å². The predicted octanol–water partition coefficient (Wildman–Crippen LogP) is 3.21. The van der Waals surface area contributed by atoms with E-state index in [1.165, 1.54) is 5.56 Å². The van der Waals surface area contributed by atoms with Gasteiger partial charge in [0.2, 0.25) is 0 Å². The zero-order valence-corrected chi connectivity index (χ0v) is 14.0. The van der Waals surface area contributed by atoms with Gasteiger partial charge in [0, 0.05) is 19.5 Å². The molecule has 2 aromatic rings. The number of hydrogen-bond acceptors (Lipinski definition) is 2. The number of carboxylic acids is 1. The maximum absolute atomic E-state index is 12.7. The molecule has 0 spiro atoms. The van der Waals surface area contributed by atoms with E-state index in [1.807, 2.05) is 47.4 Å². The number of aliphatic carboxylic acids is 1. The minimum absolute atomic E-state index is 0.0607. The molecule has 2 aromatic carbocycles. The molecule has 0 bridgehead atoms. The van der Waals surface area contributed by atoms with Crippen molar-refractivity contribution in [1.29, 1.82) is 0 Å². The number of hydrogen-bond donors (Lipinski definition) is 2. The van der Waals surface area contributed by atoms with Crippen LogP contribution >= 0.6 is 0 Å². The van der Waals surface area contributed by atoms with E-state index in [0.717, 1.165) is 17.5 Å². The van der Waals surface area contributed by atoms with E-state index in [4.69, 9.17) is 5.11 Å². The lowest BCUT2D eigenvalue weighted by Gasteiger charge is -2.37. The summed E-state index contributed by atoms with van der Waals surface area (Å²) in [6.45, 7) is 1.01. The highest BCUT2D eigenvalue weighted by atomic mass is 16.4. The second-order valence-corrected chi connectivity index (χ2v) is 6.18. The number of carboxylic acid groups (broad SMARTS) is 1. The Morgan fingerprint density at radius 2 is 1.80 bits per heavy atom. The number of carbonyl (C=O) groups excluding carboxylic acids is 1. The van der Waals surface area contributed by atoms with Gasteiger partial charge in [-0.15, -0.1) is 0 Å². The minimum Gasteiger partial charge on any atom is -0.481 e.